The smallest absolute Gasteiger partial charge is 0.251 e. The molecule has 0 bridgehead atoms. The second-order valence-electron chi connectivity index (χ2n) is 8.16. The van der Waals surface area contributed by atoms with Crippen LogP contribution in [0.2, 0.25) is 0 Å². The molecule has 0 radical (unpaired) electrons. The zero-order chi connectivity index (χ0) is 22.0. The van der Waals surface area contributed by atoms with Crippen LogP contribution in [0.3, 0.4) is 0 Å². The second kappa shape index (κ2) is 9.24. The van der Waals surface area contributed by atoms with E-state index < -0.39 is 0 Å². The van der Waals surface area contributed by atoms with Crippen molar-refractivity contribution in [1.82, 2.24) is 15.2 Å². The van der Waals surface area contributed by atoms with Crippen LogP contribution in [-0.4, -0.2) is 62.2 Å². The summed E-state index contributed by atoms with van der Waals surface area (Å²) in [5.41, 5.74) is 5.15. The molecule has 6 nitrogen and oxygen atoms in total. The van der Waals surface area contributed by atoms with Gasteiger partial charge in [-0.3, -0.25) is 9.69 Å². The third kappa shape index (κ3) is 4.67. The molecule has 1 saturated heterocycles. The maximum absolute atomic E-state index is 12.5. The molecule has 0 aliphatic carbocycles. The summed E-state index contributed by atoms with van der Waals surface area (Å²) in [5, 5.41) is 4.13. The molecule has 2 aromatic carbocycles. The van der Waals surface area contributed by atoms with Gasteiger partial charge in [-0.2, -0.15) is 0 Å². The molecule has 31 heavy (non-hydrogen) atoms. The second-order valence-corrected chi connectivity index (χ2v) is 9.14. The van der Waals surface area contributed by atoms with Gasteiger partial charge in [0.05, 0.1) is 11.8 Å². The van der Waals surface area contributed by atoms with Gasteiger partial charge >= 0.3 is 0 Å². The van der Waals surface area contributed by atoms with Gasteiger partial charge in [0.2, 0.25) is 0 Å². The molecule has 1 amide bonds. The highest BCUT2D eigenvalue weighted by molar-refractivity contribution is 7.22. The molecule has 4 rings (SSSR count). The van der Waals surface area contributed by atoms with E-state index in [4.69, 9.17) is 9.72 Å². The molecule has 1 aromatic heterocycles. The van der Waals surface area contributed by atoms with Gasteiger partial charge in [-0.15, -0.1) is 0 Å². The number of carbonyl (C=O) groups excluding carboxylic acids is 1. The molecule has 1 N–H and O–H groups in total. The van der Waals surface area contributed by atoms with Crippen molar-refractivity contribution in [2.75, 3.05) is 51.3 Å². The largest absolute Gasteiger partial charge is 0.494 e. The third-order valence-electron chi connectivity index (χ3n) is 5.89. The summed E-state index contributed by atoms with van der Waals surface area (Å²) >= 11 is 1.74. The number of aromatic nitrogens is 1. The number of ether oxygens (including phenoxy) is 1. The number of carbonyl (C=O) groups is 1. The molecule has 1 aliphatic rings. The van der Waals surface area contributed by atoms with Crippen molar-refractivity contribution in [2.24, 2.45) is 0 Å². The minimum absolute atomic E-state index is 0.00919. The van der Waals surface area contributed by atoms with Gasteiger partial charge in [-0.05, 0) is 44.0 Å². The molecule has 0 spiro atoms. The van der Waals surface area contributed by atoms with Crippen molar-refractivity contribution < 1.29 is 9.53 Å². The Hall–Kier alpha value is -2.64. The van der Waals surface area contributed by atoms with Gasteiger partial charge in [-0.1, -0.05) is 35.1 Å². The fraction of sp³-hybridized carbons (Fsp3) is 0.417. The molecular weight excluding hydrogens is 408 g/mol. The number of amides is 1. The van der Waals surface area contributed by atoms with E-state index in [1.165, 1.54) is 15.8 Å². The van der Waals surface area contributed by atoms with Crippen molar-refractivity contribution in [2.45, 2.75) is 20.8 Å². The lowest BCUT2D eigenvalue weighted by Crippen LogP contribution is -2.48. The maximum atomic E-state index is 12.5. The number of piperazine rings is 1. The Morgan fingerprint density at radius 3 is 2.58 bits per heavy atom. The first kappa shape index (κ1) is 21.6. The van der Waals surface area contributed by atoms with Crippen LogP contribution in [0, 0.1) is 20.8 Å². The Morgan fingerprint density at radius 2 is 1.87 bits per heavy atom. The van der Waals surface area contributed by atoms with E-state index in [1.54, 1.807) is 18.4 Å². The number of fused-ring (bicyclic) bond motifs is 1. The highest BCUT2D eigenvalue weighted by Gasteiger charge is 2.21. The number of benzene rings is 2. The number of rotatable bonds is 6. The maximum Gasteiger partial charge on any atom is 0.251 e. The zero-order valence-electron chi connectivity index (χ0n) is 18.7. The Kier molecular flexibility index (Phi) is 6.43. The van der Waals surface area contributed by atoms with Crippen LogP contribution >= 0.6 is 11.3 Å². The van der Waals surface area contributed by atoms with Gasteiger partial charge in [0, 0.05) is 44.8 Å². The van der Waals surface area contributed by atoms with Gasteiger partial charge in [-0.25, -0.2) is 4.98 Å². The van der Waals surface area contributed by atoms with Crippen molar-refractivity contribution in [3.8, 4) is 5.75 Å². The topological polar surface area (TPSA) is 57.7 Å². The average Bonchev–Trinajstić information content (AvgIpc) is 3.21. The van der Waals surface area contributed by atoms with Crippen LogP contribution in [0.15, 0.2) is 30.3 Å². The quantitative estimate of drug-likeness (QED) is 0.635. The van der Waals surface area contributed by atoms with Crippen LogP contribution in [0.4, 0.5) is 5.13 Å². The molecule has 2 heterocycles. The number of aryl methyl sites for hydroxylation is 3. The van der Waals surface area contributed by atoms with Gasteiger partial charge < -0.3 is 15.0 Å². The summed E-state index contributed by atoms with van der Waals surface area (Å²) in [5.74, 6) is 0.844. The zero-order valence-corrected chi connectivity index (χ0v) is 19.5. The van der Waals surface area contributed by atoms with Crippen molar-refractivity contribution >= 4 is 32.6 Å². The van der Waals surface area contributed by atoms with Crippen molar-refractivity contribution in [3.05, 3.63) is 52.6 Å². The normalized spacial score (nSPS) is 14.8. The average molecular weight is 439 g/mol. The van der Waals surface area contributed by atoms with Crippen LogP contribution in [-0.2, 0) is 0 Å². The highest BCUT2D eigenvalue weighted by Crippen LogP contribution is 2.36. The lowest BCUT2D eigenvalue weighted by Gasteiger charge is -2.34. The van der Waals surface area contributed by atoms with E-state index in [-0.39, 0.29) is 5.91 Å². The number of nitrogens with one attached hydrogen (secondary N) is 1. The van der Waals surface area contributed by atoms with Crippen LogP contribution < -0.4 is 15.0 Å². The molecule has 3 aromatic rings. The molecule has 0 unspecified atom stereocenters. The van der Waals surface area contributed by atoms with E-state index in [2.05, 4.69) is 28.1 Å². The van der Waals surface area contributed by atoms with Crippen LogP contribution in [0.5, 0.6) is 5.75 Å². The number of hydrogen-bond acceptors (Lipinski definition) is 6. The first-order valence-electron chi connectivity index (χ1n) is 10.7. The molecule has 1 aliphatic heterocycles. The number of anilines is 1. The summed E-state index contributed by atoms with van der Waals surface area (Å²) < 4.78 is 6.69. The van der Waals surface area contributed by atoms with Crippen LogP contribution in [0.25, 0.3) is 10.2 Å². The SMILES string of the molecule is COc1ccc(C)c2sc(N3CCN(CCNC(=O)c4ccc(C)cc4C)CC3)nc12. The summed E-state index contributed by atoms with van der Waals surface area (Å²) in [7, 11) is 1.70. The monoisotopic (exact) mass is 438 g/mol. The first-order valence-corrected chi connectivity index (χ1v) is 11.5. The molecule has 7 heteroatoms. The minimum Gasteiger partial charge on any atom is -0.494 e. The number of thiazole rings is 1. The predicted octanol–water partition coefficient (Wildman–Crippen LogP) is 3.78. The summed E-state index contributed by atoms with van der Waals surface area (Å²) in [4.78, 5) is 22.1. The van der Waals surface area contributed by atoms with E-state index >= 15 is 0 Å². The first-order chi connectivity index (χ1) is 15.0. The van der Waals surface area contributed by atoms with E-state index in [0.29, 0.717) is 6.54 Å². The Morgan fingerprint density at radius 1 is 1.10 bits per heavy atom. The third-order valence-corrected chi connectivity index (χ3v) is 7.15. The van der Waals surface area contributed by atoms with E-state index in [9.17, 15) is 4.79 Å². The van der Waals surface area contributed by atoms with Gasteiger partial charge in [0.1, 0.15) is 11.3 Å². The summed E-state index contributed by atoms with van der Waals surface area (Å²) in [6, 6.07) is 10.0. The number of nitrogens with zero attached hydrogens (tertiary/aromatic N) is 3. The van der Waals surface area contributed by atoms with Crippen molar-refractivity contribution in [3.63, 3.8) is 0 Å². The Bertz CT molecular complexity index is 1090. The Labute approximate surface area is 187 Å². The Balaban J connectivity index is 1.30. The lowest BCUT2D eigenvalue weighted by molar-refractivity contribution is 0.0947. The van der Waals surface area contributed by atoms with Gasteiger partial charge in [0.15, 0.2) is 5.13 Å². The lowest BCUT2D eigenvalue weighted by atomic mass is 10.1. The fourth-order valence-electron chi connectivity index (χ4n) is 4.05. The highest BCUT2D eigenvalue weighted by atomic mass is 32.1. The molecular formula is C24H30N4O2S. The van der Waals surface area contributed by atoms with Crippen molar-refractivity contribution in [1.29, 1.82) is 0 Å². The summed E-state index contributed by atoms with van der Waals surface area (Å²) in [6.07, 6.45) is 0. The van der Waals surface area contributed by atoms with Gasteiger partial charge in [0.25, 0.3) is 5.91 Å². The molecule has 164 valence electrons. The molecule has 0 saturated carbocycles. The summed E-state index contributed by atoms with van der Waals surface area (Å²) in [6.45, 7) is 11.5. The fourth-order valence-corrected chi connectivity index (χ4v) is 5.16. The molecule has 0 atom stereocenters. The predicted molar refractivity (Wildman–Crippen MR) is 128 cm³/mol. The minimum atomic E-state index is 0.00919. The van der Waals surface area contributed by atoms with E-state index in [0.717, 1.165) is 60.2 Å². The van der Waals surface area contributed by atoms with E-state index in [1.807, 2.05) is 38.1 Å². The number of hydrogen-bond donors (Lipinski definition) is 1. The molecule has 1 fully saturated rings. The standard InChI is InChI=1S/C24H30N4O2S/c1-16-5-7-19(18(3)15-16)23(29)25-9-10-27-11-13-28(14-12-27)24-26-21-20(30-4)8-6-17(2)22(21)31-24/h5-8,15H,9-14H2,1-4H3,(H,25,29). The number of methoxy groups -OCH3 is 1. The van der Waals surface area contributed by atoms with Crippen LogP contribution in [0.1, 0.15) is 27.0 Å².